The predicted octanol–water partition coefficient (Wildman–Crippen LogP) is 3.90. The normalized spacial score (nSPS) is 11.1. The summed E-state index contributed by atoms with van der Waals surface area (Å²) in [7, 11) is 1.66. The lowest BCUT2D eigenvalue weighted by atomic mass is 10.1. The molecule has 0 saturated carbocycles. The fourth-order valence-electron chi connectivity index (χ4n) is 2.10. The molecule has 3 aromatic rings. The molecule has 0 unspecified atom stereocenters. The topological polar surface area (TPSA) is 22.4 Å². The number of fused-ring (bicyclic) bond motifs is 3. The molecule has 2 aromatic carbocycles. The molecule has 0 fully saturated rings. The number of para-hydroxylation sites is 2. The monoisotopic (exact) mass is 212 g/mol. The lowest BCUT2D eigenvalue weighted by molar-refractivity contribution is 0.412. The smallest absolute Gasteiger partial charge is 0.177 e. The van der Waals surface area contributed by atoms with Crippen molar-refractivity contribution in [2.45, 2.75) is 6.92 Å². The second kappa shape index (κ2) is 3.27. The lowest BCUT2D eigenvalue weighted by Crippen LogP contribution is -1.81. The van der Waals surface area contributed by atoms with E-state index < -0.39 is 0 Å². The summed E-state index contributed by atoms with van der Waals surface area (Å²) in [6.45, 7) is 2.05. The van der Waals surface area contributed by atoms with Crippen LogP contribution in [0.15, 0.2) is 40.8 Å². The Hall–Kier alpha value is -1.96. The summed E-state index contributed by atoms with van der Waals surface area (Å²) >= 11 is 0. The zero-order valence-corrected chi connectivity index (χ0v) is 9.28. The molecule has 0 spiro atoms. The Morgan fingerprint density at radius 1 is 0.938 bits per heavy atom. The lowest BCUT2D eigenvalue weighted by Gasteiger charge is -1.98. The average Bonchev–Trinajstić information content (AvgIpc) is 2.69. The van der Waals surface area contributed by atoms with Gasteiger partial charge >= 0.3 is 0 Å². The van der Waals surface area contributed by atoms with Gasteiger partial charge in [0.05, 0.1) is 7.11 Å². The van der Waals surface area contributed by atoms with Crippen LogP contribution in [-0.2, 0) is 0 Å². The number of benzene rings is 2. The van der Waals surface area contributed by atoms with E-state index in [4.69, 9.17) is 9.15 Å². The van der Waals surface area contributed by atoms with Gasteiger partial charge in [0.15, 0.2) is 11.3 Å². The van der Waals surface area contributed by atoms with Crippen molar-refractivity contribution >= 4 is 21.9 Å². The summed E-state index contributed by atoms with van der Waals surface area (Å²) < 4.78 is 11.2. The van der Waals surface area contributed by atoms with Gasteiger partial charge in [0, 0.05) is 10.8 Å². The summed E-state index contributed by atoms with van der Waals surface area (Å²) in [6, 6.07) is 12.1. The molecule has 16 heavy (non-hydrogen) atoms. The standard InChI is InChI=1S/C14H12O2/c1-9-5-3-6-10-11-7-4-8-12(15-2)14(11)16-13(9)10/h3-8H,1-2H3. The summed E-state index contributed by atoms with van der Waals surface area (Å²) in [5.41, 5.74) is 2.92. The SMILES string of the molecule is COc1cccc2c1oc1c(C)cccc12. The Bertz CT molecular complexity index is 665. The van der Waals surface area contributed by atoms with Gasteiger partial charge < -0.3 is 9.15 Å². The van der Waals surface area contributed by atoms with E-state index in [0.717, 1.165) is 33.3 Å². The van der Waals surface area contributed by atoms with E-state index in [1.807, 2.05) is 18.2 Å². The maximum Gasteiger partial charge on any atom is 0.177 e. The zero-order chi connectivity index (χ0) is 11.1. The molecule has 0 aliphatic rings. The second-order valence-corrected chi connectivity index (χ2v) is 3.89. The number of hydrogen-bond acceptors (Lipinski definition) is 2. The highest BCUT2D eigenvalue weighted by atomic mass is 16.5. The predicted molar refractivity (Wildman–Crippen MR) is 65.0 cm³/mol. The van der Waals surface area contributed by atoms with Crippen LogP contribution in [0.1, 0.15) is 5.56 Å². The number of rotatable bonds is 1. The molecule has 0 aliphatic heterocycles. The molecule has 3 rings (SSSR count). The molecule has 2 heteroatoms. The largest absolute Gasteiger partial charge is 0.493 e. The van der Waals surface area contributed by atoms with Gasteiger partial charge in [-0.1, -0.05) is 30.3 Å². The highest BCUT2D eigenvalue weighted by molar-refractivity contribution is 6.07. The summed E-state index contributed by atoms with van der Waals surface area (Å²) in [5, 5.41) is 2.26. The zero-order valence-electron chi connectivity index (χ0n) is 9.28. The minimum atomic E-state index is 0.785. The first kappa shape index (κ1) is 9.28. The van der Waals surface area contributed by atoms with E-state index in [9.17, 15) is 0 Å². The van der Waals surface area contributed by atoms with Crippen LogP contribution in [0.2, 0.25) is 0 Å². The first-order valence-corrected chi connectivity index (χ1v) is 5.26. The van der Waals surface area contributed by atoms with Crippen LogP contribution in [0.4, 0.5) is 0 Å². The van der Waals surface area contributed by atoms with E-state index in [1.165, 1.54) is 0 Å². The Labute approximate surface area is 93.4 Å². The number of furan rings is 1. The van der Waals surface area contributed by atoms with Crippen LogP contribution < -0.4 is 4.74 Å². The van der Waals surface area contributed by atoms with E-state index in [2.05, 4.69) is 25.1 Å². The highest BCUT2D eigenvalue weighted by Gasteiger charge is 2.11. The minimum absolute atomic E-state index is 0.785. The molecule has 0 bridgehead atoms. The second-order valence-electron chi connectivity index (χ2n) is 3.89. The summed E-state index contributed by atoms with van der Waals surface area (Å²) in [4.78, 5) is 0. The molecule has 0 saturated heterocycles. The van der Waals surface area contributed by atoms with Crippen LogP contribution in [0, 0.1) is 6.92 Å². The Morgan fingerprint density at radius 3 is 2.38 bits per heavy atom. The van der Waals surface area contributed by atoms with Crippen LogP contribution in [0.5, 0.6) is 5.75 Å². The fraction of sp³-hybridized carbons (Fsp3) is 0.143. The van der Waals surface area contributed by atoms with Gasteiger partial charge in [0.2, 0.25) is 0 Å². The Balaban J connectivity index is 2.55. The van der Waals surface area contributed by atoms with Crippen molar-refractivity contribution in [2.75, 3.05) is 7.11 Å². The van der Waals surface area contributed by atoms with Gasteiger partial charge in [0.25, 0.3) is 0 Å². The van der Waals surface area contributed by atoms with Crippen molar-refractivity contribution in [3.63, 3.8) is 0 Å². The van der Waals surface area contributed by atoms with E-state index >= 15 is 0 Å². The third kappa shape index (κ3) is 1.13. The van der Waals surface area contributed by atoms with Gasteiger partial charge in [-0.15, -0.1) is 0 Å². The molecule has 0 amide bonds. The van der Waals surface area contributed by atoms with Crippen LogP contribution >= 0.6 is 0 Å². The van der Waals surface area contributed by atoms with Crippen molar-refractivity contribution in [2.24, 2.45) is 0 Å². The van der Waals surface area contributed by atoms with Crippen molar-refractivity contribution < 1.29 is 9.15 Å². The molecular weight excluding hydrogens is 200 g/mol. The average molecular weight is 212 g/mol. The van der Waals surface area contributed by atoms with E-state index in [-0.39, 0.29) is 0 Å². The molecule has 0 N–H and O–H groups in total. The van der Waals surface area contributed by atoms with Crippen LogP contribution in [-0.4, -0.2) is 7.11 Å². The molecule has 0 atom stereocenters. The number of aryl methyl sites for hydroxylation is 1. The third-order valence-corrected chi connectivity index (χ3v) is 2.91. The van der Waals surface area contributed by atoms with Crippen molar-refractivity contribution in [1.82, 2.24) is 0 Å². The summed E-state index contributed by atoms with van der Waals surface area (Å²) in [5.74, 6) is 0.785. The molecule has 1 heterocycles. The maximum atomic E-state index is 5.88. The minimum Gasteiger partial charge on any atom is -0.493 e. The van der Waals surface area contributed by atoms with Gasteiger partial charge in [0.1, 0.15) is 5.58 Å². The Morgan fingerprint density at radius 2 is 1.62 bits per heavy atom. The number of methoxy groups -OCH3 is 1. The molecular formula is C14H12O2. The van der Waals surface area contributed by atoms with Crippen molar-refractivity contribution in [3.8, 4) is 5.75 Å². The third-order valence-electron chi connectivity index (χ3n) is 2.91. The Kier molecular flexibility index (Phi) is 1.90. The first-order chi connectivity index (χ1) is 7.81. The summed E-state index contributed by atoms with van der Waals surface area (Å²) in [6.07, 6.45) is 0. The molecule has 80 valence electrons. The van der Waals surface area contributed by atoms with Gasteiger partial charge in [-0.05, 0) is 18.6 Å². The van der Waals surface area contributed by atoms with Gasteiger partial charge in [-0.2, -0.15) is 0 Å². The number of hydrogen-bond donors (Lipinski definition) is 0. The highest BCUT2D eigenvalue weighted by Crippen LogP contribution is 2.35. The van der Waals surface area contributed by atoms with Gasteiger partial charge in [-0.25, -0.2) is 0 Å². The van der Waals surface area contributed by atoms with Crippen molar-refractivity contribution in [1.29, 1.82) is 0 Å². The molecule has 2 nitrogen and oxygen atoms in total. The van der Waals surface area contributed by atoms with E-state index in [1.54, 1.807) is 7.11 Å². The quantitative estimate of drug-likeness (QED) is 0.610. The first-order valence-electron chi connectivity index (χ1n) is 5.26. The molecule has 1 aromatic heterocycles. The van der Waals surface area contributed by atoms with E-state index in [0.29, 0.717) is 0 Å². The fourth-order valence-corrected chi connectivity index (χ4v) is 2.10. The molecule has 0 aliphatic carbocycles. The van der Waals surface area contributed by atoms with Gasteiger partial charge in [-0.3, -0.25) is 0 Å². The maximum absolute atomic E-state index is 5.88. The van der Waals surface area contributed by atoms with Crippen molar-refractivity contribution in [3.05, 3.63) is 42.0 Å². The number of ether oxygens (including phenoxy) is 1. The van der Waals surface area contributed by atoms with Crippen LogP contribution in [0.25, 0.3) is 21.9 Å². The molecule has 0 radical (unpaired) electrons. The van der Waals surface area contributed by atoms with Crippen LogP contribution in [0.3, 0.4) is 0 Å².